The Hall–Kier alpha value is -1.06. The Morgan fingerprint density at radius 3 is 2.17 bits per heavy atom. The molecule has 0 aromatic carbocycles. The summed E-state index contributed by atoms with van der Waals surface area (Å²) in [6.45, 7) is 5.53. The summed E-state index contributed by atoms with van der Waals surface area (Å²) in [5.74, 6) is 0.0590. The number of amides is 1. The molecule has 70 valence electrons. The molecule has 0 aliphatic rings. The van der Waals surface area contributed by atoms with E-state index in [0.29, 0.717) is 0 Å². The van der Waals surface area contributed by atoms with Gasteiger partial charge in [-0.2, -0.15) is 0 Å². The minimum atomic E-state index is -0.836. The van der Waals surface area contributed by atoms with Gasteiger partial charge in [-0.3, -0.25) is 4.79 Å². The minimum Gasteiger partial charge on any atom is -0.449 e. The first-order valence-corrected chi connectivity index (χ1v) is 3.79. The van der Waals surface area contributed by atoms with Crippen LogP contribution >= 0.6 is 0 Å². The number of carbonyl (C=O) groups excluding carboxylic acids is 2. The van der Waals surface area contributed by atoms with Crippen molar-refractivity contribution < 1.29 is 14.3 Å². The standard InChI is InChI=1S/C8H15NO3/c1-8(2,3)6(10)4-5-12-7(9)11/h4-5H2,1-3H3,(H2,9,11). The van der Waals surface area contributed by atoms with Crippen molar-refractivity contribution in [1.82, 2.24) is 0 Å². The van der Waals surface area contributed by atoms with Gasteiger partial charge in [0.1, 0.15) is 12.4 Å². The molecule has 4 heteroatoms. The van der Waals surface area contributed by atoms with Gasteiger partial charge in [0.15, 0.2) is 0 Å². The number of nitrogens with two attached hydrogens (primary N) is 1. The quantitative estimate of drug-likeness (QED) is 0.694. The second-order valence-electron chi connectivity index (χ2n) is 3.59. The Bertz CT molecular complexity index is 181. The molecule has 0 atom stereocenters. The fourth-order valence-electron chi connectivity index (χ4n) is 0.619. The molecule has 0 heterocycles. The highest BCUT2D eigenvalue weighted by Crippen LogP contribution is 2.16. The molecular weight excluding hydrogens is 158 g/mol. The fourth-order valence-corrected chi connectivity index (χ4v) is 0.619. The molecular formula is C8H15NO3. The van der Waals surface area contributed by atoms with E-state index in [2.05, 4.69) is 4.74 Å². The normalized spacial score (nSPS) is 10.9. The monoisotopic (exact) mass is 173 g/mol. The molecule has 0 bridgehead atoms. The van der Waals surface area contributed by atoms with Gasteiger partial charge in [-0.15, -0.1) is 0 Å². The van der Waals surface area contributed by atoms with Crippen LogP contribution in [0.3, 0.4) is 0 Å². The molecule has 0 radical (unpaired) electrons. The maximum Gasteiger partial charge on any atom is 0.404 e. The number of hydrogen-bond donors (Lipinski definition) is 1. The number of Topliss-reactive ketones (excluding diaryl/α,β-unsaturated/α-hetero) is 1. The first-order valence-electron chi connectivity index (χ1n) is 3.79. The average Bonchev–Trinajstić information content (AvgIpc) is 1.84. The number of rotatable bonds is 3. The molecule has 0 spiro atoms. The van der Waals surface area contributed by atoms with Crippen LogP contribution in [0.15, 0.2) is 0 Å². The van der Waals surface area contributed by atoms with Gasteiger partial charge in [0.2, 0.25) is 0 Å². The molecule has 0 unspecified atom stereocenters. The highest BCUT2D eigenvalue weighted by Gasteiger charge is 2.20. The second-order valence-corrected chi connectivity index (χ2v) is 3.59. The van der Waals surface area contributed by atoms with Crippen LogP contribution in [0, 0.1) is 5.41 Å². The summed E-state index contributed by atoms with van der Waals surface area (Å²) >= 11 is 0. The van der Waals surface area contributed by atoms with Crippen LogP contribution in [-0.4, -0.2) is 18.5 Å². The topological polar surface area (TPSA) is 69.4 Å². The predicted octanol–water partition coefficient (Wildman–Crippen LogP) is 1.09. The Balaban J connectivity index is 3.66. The van der Waals surface area contributed by atoms with Crippen molar-refractivity contribution in [2.45, 2.75) is 27.2 Å². The van der Waals surface area contributed by atoms with Gasteiger partial charge >= 0.3 is 6.09 Å². The van der Waals surface area contributed by atoms with E-state index in [1.54, 1.807) is 0 Å². The van der Waals surface area contributed by atoms with Crippen molar-refractivity contribution in [2.24, 2.45) is 11.1 Å². The summed E-state index contributed by atoms with van der Waals surface area (Å²) in [7, 11) is 0. The Labute approximate surface area is 72.1 Å². The Morgan fingerprint density at radius 2 is 1.83 bits per heavy atom. The van der Waals surface area contributed by atoms with E-state index in [1.807, 2.05) is 20.8 Å². The van der Waals surface area contributed by atoms with Crippen LogP contribution in [0.4, 0.5) is 4.79 Å². The highest BCUT2D eigenvalue weighted by atomic mass is 16.5. The van der Waals surface area contributed by atoms with Crippen molar-refractivity contribution in [3.63, 3.8) is 0 Å². The van der Waals surface area contributed by atoms with Gasteiger partial charge in [-0.25, -0.2) is 4.79 Å². The predicted molar refractivity (Wildman–Crippen MR) is 44.6 cm³/mol. The number of carbonyl (C=O) groups is 2. The van der Waals surface area contributed by atoms with Crippen LogP contribution in [0.1, 0.15) is 27.2 Å². The number of primary amides is 1. The fraction of sp³-hybridized carbons (Fsp3) is 0.750. The molecule has 0 fully saturated rings. The van der Waals surface area contributed by atoms with Crippen LogP contribution < -0.4 is 5.73 Å². The van der Waals surface area contributed by atoms with Gasteiger partial charge in [0, 0.05) is 11.8 Å². The summed E-state index contributed by atoms with van der Waals surface area (Å²) in [6.07, 6.45) is -0.608. The van der Waals surface area contributed by atoms with Crippen LogP contribution in [0.5, 0.6) is 0 Å². The third-order valence-electron chi connectivity index (χ3n) is 1.41. The maximum absolute atomic E-state index is 11.2. The molecule has 0 rings (SSSR count). The number of hydrogen-bond acceptors (Lipinski definition) is 3. The second kappa shape index (κ2) is 4.09. The molecule has 0 saturated carbocycles. The lowest BCUT2D eigenvalue weighted by molar-refractivity contribution is -0.126. The molecule has 0 saturated heterocycles. The van der Waals surface area contributed by atoms with E-state index in [9.17, 15) is 9.59 Å². The van der Waals surface area contributed by atoms with E-state index in [1.165, 1.54) is 0 Å². The van der Waals surface area contributed by atoms with Crippen LogP contribution in [-0.2, 0) is 9.53 Å². The number of ether oxygens (including phenoxy) is 1. The maximum atomic E-state index is 11.2. The summed E-state index contributed by atoms with van der Waals surface area (Å²) in [5, 5.41) is 0. The summed E-state index contributed by atoms with van der Waals surface area (Å²) in [6, 6.07) is 0. The molecule has 4 nitrogen and oxygen atoms in total. The van der Waals surface area contributed by atoms with E-state index >= 15 is 0 Å². The summed E-state index contributed by atoms with van der Waals surface area (Å²) in [4.78, 5) is 21.3. The molecule has 0 aromatic heterocycles. The van der Waals surface area contributed by atoms with E-state index in [-0.39, 0.29) is 24.2 Å². The summed E-state index contributed by atoms with van der Waals surface area (Å²) < 4.78 is 4.43. The van der Waals surface area contributed by atoms with Crippen molar-refractivity contribution >= 4 is 11.9 Å². The van der Waals surface area contributed by atoms with Crippen molar-refractivity contribution in [1.29, 1.82) is 0 Å². The van der Waals surface area contributed by atoms with Gasteiger partial charge in [0.05, 0.1) is 0 Å². The zero-order valence-corrected chi connectivity index (χ0v) is 7.72. The zero-order chi connectivity index (χ0) is 9.78. The minimum absolute atomic E-state index is 0.0590. The first kappa shape index (κ1) is 10.9. The third-order valence-corrected chi connectivity index (χ3v) is 1.41. The van der Waals surface area contributed by atoms with E-state index in [0.717, 1.165) is 0 Å². The molecule has 12 heavy (non-hydrogen) atoms. The lowest BCUT2D eigenvalue weighted by Crippen LogP contribution is -2.23. The zero-order valence-electron chi connectivity index (χ0n) is 7.72. The average molecular weight is 173 g/mol. The molecule has 0 aliphatic heterocycles. The first-order chi connectivity index (χ1) is 5.34. The SMILES string of the molecule is CC(C)(C)C(=O)CCOC(N)=O. The molecule has 0 aromatic rings. The Morgan fingerprint density at radius 1 is 1.33 bits per heavy atom. The van der Waals surface area contributed by atoms with E-state index in [4.69, 9.17) is 5.73 Å². The van der Waals surface area contributed by atoms with Crippen molar-refractivity contribution in [3.05, 3.63) is 0 Å². The van der Waals surface area contributed by atoms with Gasteiger partial charge in [0.25, 0.3) is 0 Å². The van der Waals surface area contributed by atoms with Crippen molar-refractivity contribution in [3.8, 4) is 0 Å². The lowest BCUT2D eigenvalue weighted by Gasteiger charge is -2.15. The van der Waals surface area contributed by atoms with Gasteiger partial charge in [-0.05, 0) is 0 Å². The van der Waals surface area contributed by atoms with Gasteiger partial charge in [-0.1, -0.05) is 20.8 Å². The molecule has 1 amide bonds. The van der Waals surface area contributed by atoms with Gasteiger partial charge < -0.3 is 10.5 Å². The highest BCUT2D eigenvalue weighted by molar-refractivity contribution is 5.83. The molecule has 2 N–H and O–H groups in total. The number of ketones is 1. The van der Waals surface area contributed by atoms with Crippen molar-refractivity contribution in [2.75, 3.05) is 6.61 Å². The van der Waals surface area contributed by atoms with Crippen LogP contribution in [0.25, 0.3) is 0 Å². The smallest absolute Gasteiger partial charge is 0.404 e. The van der Waals surface area contributed by atoms with Crippen LogP contribution in [0.2, 0.25) is 0 Å². The Kier molecular flexibility index (Phi) is 3.73. The summed E-state index contributed by atoms with van der Waals surface area (Å²) in [5.41, 5.74) is 4.34. The molecule has 0 aliphatic carbocycles. The third kappa shape index (κ3) is 4.71. The van der Waals surface area contributed by atoms with E-state index < -0.39 is 6.09 Å². The lowest BCUT2D eigenvalue weighted by atomic mass is 9.89. The largest absolute Gasteiger partial charge is 0.449 e.